The Bertz CT molecular complexity index is 903. The van der Waals surface area contributed by atoms with Crippen LogP contribution in [0.4, 0.5) is 4.79 Å². The van der Waals surface area contributed by atoms with Gasteiger partial charge in [0.2, 0.25) is 5.91 Å². The van der Waals surface area contributed by atoms with Gasteiger partial charge in [-0.2, -0.15) is 0 Å². The highest BCUT2D eigenvalue weighted by Gasteiger charge is 2.43. The van der Waals surface area contributed by atoms with Gasteiger partial charge in [0, 0.05) is 27.4 Å². The molecule has 0 spiro atoms. The van der Waals surface area contributed by atoms with Crippen molar-refractivity contribution in [1.82, 2.24) is 20.2 Å². The van der Waals surface area contributed by atoms with E-state index in [-0.39, 0.29) is 23.6 Å². The van der Waals surface area contributed by atoms with Gasteiger partial charge < -0.3 is 4.74 Å². The molecule has 1 aromatic carbocycles. The number of halogens is 1. The van der Waals surface area contributed by atoms with E-state index in [2.05, 4.69) is 5.43 Å². The molecule has 1 atom stereocenters. The number of hydrazine groups is 1. The molecule has 1 N–H and O–H groups in total. The lowest BCUT2D eigenvalue weighted by Crippen LogP contribution is -2.54. The van der Waals surface area contributed by atoms with E-state index in [1.807, 2.05) is 0 Å². The van der Waals surface area contributed by atoms with Gasteiger partial charge in [0.25, 0.3) is 11.8 Å². The van der Waals surface area contributed by atoms with Crippen LogP contribution in [0.1, 0.15) is 24.9 Å². The van der Waals surface area contributed by atoms with Gasteiger partial charge in [-0.1, -0.05) is 23.7 Å². The number of carbonyl (C=O) groups is 4. The number of barbiturate groups is 1. The van der Waals surface area contributed by atoms with Crippen molar-refractivity contribution in [3.05, 3.63) is 40.1 Å². The number of hydrogen-bond donors (Lipinski definition) is 1. The van der Waals surface area contributed by atoms with Crippen molar-refractivity contribution in [2.45, 2.75) is 19.4 Å². The summed E-state index contributed by atoms with van der Waals surface area (Å²) in [6.45, 7) is 1.36. The van der Waals surface area contributed by atoms with Crippen molar-refractivity contribution in [2.75, 3.05) is 21.2 Å². The van der Waals surface area contributed by atoms with Crippen molar-refractivity contribution in [3.8, 4) is 5.75 Å². The molecule has 28 heavy (non-hydrogen) atoms. The van der Waals surface area contributed by atoms with E-state index in [0.29, 0.717) is 16.3 Å². The average molecular weight is 407 g/mol. The first-order chi connectivity index (χ1) is 13.2. The van der Waals surface area contributed by atoms with Gasteiger partial charge in [-0.05, 0) is 11.6 Å². The molecule has 2 heterocycles. The van der Waals surface area contributed by atoms with Crippen LogP contribution in [-0.2, 0) is 14.4 Å². The maximum absolute atomic E-state index is 12.6. The van der Waals surface area contributed by atoms with Gasteiger partial charge in [0.05, 0.1) is 23.9 Å². The fraction of sp³-hybridized carbons (Fsp3) is 0.333. The second-order valence-electron chi connectivity index (χ2n) is 6.45. The summed E-state index contributed by atoms with van der Waals surface area (Å²) < 4.78 is 5.23. The molecule has 1 aromatic rings. The third-order valence-corrected chi connectivity index (χ3v) is 5.19. The maximum Gasteiger partial charge on any atom is 0.333 e. The van der Waals surface area contributed by atoms with Gasteiger partial charge >= 0.3 is 6.03 Å². The normalized spacial score (nSPS) is 20.1. The summed E-state index contributed by atoms with van der Waals surface area (Å²) in [4.78, 5) is 51.0. The molecule has 3 rings (SSSR count). The summed E-state index contributed by atoms with van der Waals surface area (Å²) in [6, 6.07) is 3.90. The lowest BCUT2D eigenvalue weighted by molar-refractivity contribution is -0.135. The molecule has 0 aromatic heterocycles. The number of methoxy groups -OCH3 is 1. The zero-order valence-electron chi connectivity index (χ0n) is 15.8. The van der Waals surface area contributed by atoms with Crippen LogP contribution in [0.5, 0.6) is 5.75 Å². The number of imide groups is 2. The second kappa shape index (κ2) is 7.16. The van der Waals surface area contributed by atoms with Gasteiger partial charge in [-0.15, -0.1) is 0 Å². The highest BCUT2D eigenvalue weighted by molar-refractivity contribution is 6.33. The van der Waals surface area contributed by atoms with Crippen LogP contribution in [0.2, 0.25) is 5.02 Å². The summed E-state index contributed by atoms with van der Waals surface area (Å²) in [5.74, 6) is -1.33. The molecule has 2 fully saturated rings. The lowest BCUT2D eigenvalue weighted by atomic mass is 9.99. The smallest absolute Gasteiger partial charge is 0.333 e. The Morgan fingerprint density at radius 3 is 2.32 bits per heavy atom. The minimum Gasteiger partial charge on any atom is -0.495 e. The van der Waals surface area contributed by atoms with Crippen LogP contribution in [0.25, 0.3) is 0 Å². The number of hydrogen-bond acceptors (Lipinski definition) is 6. The standard InChI is InChI=1S/C18H19ClN4O5/c1-9(24)23-12(10-6-5-7-13(28-4)15(10)19)8-11(20-23)14-16(25)21(2)18(27)22(3)17(14)26/h5-7,12,20H,8H2,1-4H3. The van der Waals surface area contributed by atoms with Crippen molar-refractivity contribution in [1.29, 1.82) is 0 Å². The van der Waals surface area contributed by atoms with E-state index in [1.54, 1.807) is 18.2 Å². The topological polar surface area (TPSA) is 99.3 Å². The first-order valence-corrected chi connectivity index (χ1v) is 8.78. The van der Waals surface area contributed by atoms with Crippen molar-refractivity contribution >= 4 is 35.4 Å². The quantitative estimate of drug-likeness (QED) is 0.589. The number of nitrogens with one attached hydrogen (secondary N) is 1. The van der Waals surface area contributed by atoms with Gasteiger partial charge in [0.15, 0.2) is 0 Å². The van der Waals surface area contributed by atoms with Crippen LogP contribution >= 0.6 is 11.6 Å². The second-order valence-corrected chi connectivity index (χ2v) is 6.83. The van der Waals surface area contributed by atoms with Crippen molar-refractivity contribution in [2.24, 2.45) is 0 Å². The third kappa shape index (κ3) is 2.97. The molecular formula is C18H19ClN4O5. The summed E-state index contributed by atoms with van der Waals surface area (Å²) >= 11 is 6.41. The number of carbonyl (C=O) groups excluding carboxylic acids is 4. The van der Waals surface area contributed by atoms with Crippen molar-refractivity contribution in [3.63, 3.8) is 0 Å². The van der Waals surface area contributed by atoms with E-state index in [4.69, 9.17) is 16.3 Å². The molecule has 2 aliphatic heterocycles. The largest absolute Gasteiger partial charge is 0.495 e. The SMILES string of the molecule is COc1cccc(C2CC(=C3C(=O)N(C)C(=O)N(C)C3=O)NN2C(C)=O)c1Cl. The molecule has 1 unspecified atom stereocenters. The molecule has 0 saturated carbocycles. The Kier molecular flexibility index (Phi) is 5.03. The predicted octanol–water partition coefficient (Wildman–Crippen LogP) is 1.45. The minimum atomic E-state index is -0.725. The molecule has 0 aliphatic carbocycles. The fourth-order valence-electron chi connectivity index (χ4n) is 3.29. The summed E-state index contributed by atoms with van der Waals surface area (Å²) in [7, 11) is 4.07. The zero-order chi connectivity index (χ0) is 20.7. The lowest BCUT2D eigenvalue weighted by Gasteiger charge is -2.29. The number of benzene rings is 1. The summed E-state index contributed by atoms with van der Waals surface area (Å²) in [6.07, 6.45) is 0.148. The molecule has 0 bridgehead atoms. The molecule has 2 saturated heterocycles. The van der Waals surface area contributed by atoms with Gasteiger partial charge in [-0.3, -0.25) is 29.6 Å². The number of rotatable bonds is 2. The van der Waals surface area contributed by atoms with Crippen LogP contribution in [0.15, 0.2) is 29.5 Å². The zero-order valence-corrected chi connectivity index (χ0v) is 16.5. The number of likely N-dealkylation sites (N-methyl/N-ethyl adjacent to an activating group) is 2. The average Bonchev–Trinajstić information content (AvgIpc) is 3.10. The maximum atomic E-state index is 12.6. The van der Waals surface area contributed by atoms with Crippen LogP contribution < -0.4 is 10.2 Å². The van der Waals surface area contributed by atoms with Crippen molar-refractivity contribution < 1.29 is 23.9 Å². The Labute approximate surface area is 166 Å². The van der Waals surface area contributed by atoms with E-state index in [1.165, 1.54) is 33.1 Å². The number of urea groups is 1. The molecule has 148 valence electrons. The number of ether oxygens (including phenoxy) is 1. The van der Waals surface area contributed by atoms with Crippen LogP contribution in [0.3, 0.4) is 0 Å². The van der Waals surface area contributed by atoms with Crippen LogP contribution in [-0.4, -0.2) is 59.8 Å². The fourth-order valence-corrected chi connectivity index (χ4v) is 3.61. The van der Waals surface area contributed by atoms with E-state index in [9.17, 15) is 19.2 Å². The predicted molar refractivity (Wildman–Crippen MR) is 99.0 cm³/mol. The Balaban J connectivity index is 2.09. The van der Waals surface area contributed by atoms with E-state index < -0.39 is 23.9 Å². The monoisotopic (exact) mass is 406 g/mol. The summed E-state index contributed by atoms with van der Waals surface area (Å²) in [5, 5.41) is 1.64. The molecule has 10 heteroatoms. The Morgan fingerprint density at radius 2 is 1.79 bits per heavy atom. The molecule has 2 aliphatic rings. The molecular weight excluding hydrogens is 388 g/mol. The first-order valence-electron chi connectivity index (χ1n) is 8.41. The Morgan fingerprint density at radius 1 is 1.18 bits per heavy atom. The summed E-state index contributed by atoms with van der Waals surface area (Å²) in [5.41, 5.74) is 3.52. The minimum absolute atomic E-state index is 0.148. The molecule has 5 amide bonds. The van der Waals surface area contributed by atoms with Gasteiger partial charge in [-0.25, -0.2) is 9.80 Å². The third-order valence-electron chi connectivity index (χ3n) is 4.79. The molecule has 9 nitrogen and oxygen atoms in total. The first kappa shape index (κ1) is 19.7. The molecule has 0 radical (unpaired) electrons. The van der Waals surface area contributed by atoms with Crippen LogP contribution in [0, 0.1) is 0 Å². The number of amides is 5. The Hall–Kier alpha value is -3.07. The van der Waals surface area contributed by atoms with E-state index in [0.717, 1.165) is 9.80 Å². The highest BCUT2D eigenvalue weighted by Crippen LogP contribution is 2.40. The highest BCUT2D eigenvalue weighted by atomic mass is 35.5. The van der Waals surface area contributed by atoms with E-state index >= 15 is 0 Å². The number of nitrogens with zero attached hydrogens (tertiary/aromatic N) is 3. The van der Waals surface area contributed by atoms with Gasteiger partial charge in [0.1, 0.15) is 11.3 Å².